The van der Waals surface area contributed by atoms with Crippen molar-refractivity contribution in [2.75, 3.05) is 5.32 Å². The molecule has 0 saturated carbocycles. The second-order valence-corrected chi connectivity index (χ2v) is 4.32. The molecular formula is C13H18N2O4. The van der Waals surface area contributed by atoms with Crippen LogP contribution in [0.15, 0.2) is 24.3 Å². The first-order valence-electron chi connectivity index (χ1n) is 5.96. The Morgan fingerprint density at radius 2 is 1.84 bits per heavy atom. The lowest BCUT2D eigenvalue weighted by Crippen LogP contribution is -2.40. The molecule has 0 aliphatic carbocycles. The van der Waals surface area contributed by atoms with Gasteiger partial charge in [0.25, 0.3) is 0 Å². The van der Waals surface area contributed by atoms with Gasteiger partial charge in [0.2, 0.25) is 0 Å². The summed E-state index contributed by atoms with van der Waals surface area (Å²) >= 11 is 0. The monoisotopic (exact) mass is 266 g/mol. The van der Waals surface area contributed by atoms with E-state index < -0.39 is 18.0 Å². The van der Waals surface area contributed by atoms with Crippen molar-refractivity contribution in [3.63, 3.8) is 0 Å². The molecular weight excluding hydrogens is 248 g/mol. The van der Waals surface area contributed by atoms with E-state index in [-0.39, 0.29) is 6.10 Å². The maximum Gasteiger partial charge on any atom is 0.325 e. The molecule has 0 aromatic heterocycles. The Kier molecular flexibility index (Phi) is 5.17. The second-order valence-electron chi connectivity index (χ2n) is 4.32. The summed E-state index contributed by atoms with van der Waals surface area (Å²) < 4.78 is 5.54. The fraction of sp³-hybridized carbons (Fsp3) is 0.385. The minimum absolute atomic E-state index is 0.0241. The molecule has 0 aliphatic rings. The number of carbonyl (C=O) groups excluding carboxylic acids is 1. The van der Waals surface area contributed by atoms with Gasteiger partial charge in [0.15, 0.2) is 0 Å². The number of carboxylic acids is 1. The van der Waals surface area contributed by atoms with Crippen molar-refractivity contribution in [2.45, 2.75) is 32.9 Å². The second kappa shape index (κ2) is 6.63. The van der Waals surface area contributed by atoms with Crippen LogP contribution >= 0.6 is 0 Å². The van der Waals surface area contributed by atoms with E-state index in [4.69, 9.17) is 9.84 Å². The predicted molar refractivity (Wildman–Crippen MR) is 71.5 cm³/mol. The third-order valence-corrected chi connectivity index (χ3v) is 2.22. The fourth-order valence-electron chi connectivity index (χ4n) is 1.34. The zero-order valence-electron chi connectivity index (χ0n) is 11.1. The zero-order valence-corrected chi connectivity index (χ0v) is 11.1. The Hall–Kier alpha value is -2.24. The van der Waals surface area contributed by atoms with Crippen molar-refractivity contribution in [1.29, 1.82) is 0 Å². The molecule has 1 aromatic carbocycles. The highest BCUT2D eigenvalue weighted by molar-refractivity contribution is 5.93. The molecule has 0 saturated heterocycles. The number of urea groups is 1. The van der Waals surface area contributed by atoms with Gasteiger partial charge in [-0.25, -0.2) is 4.79 Å². The van der Waals surface area contributed by atoms with Crippen molar-refractivity contribution in [3.05, 3.63) is 24.3 Å². The number of rotatable bonds is 5. The van der Waals surface area contributed by atoms with Crippen molar-refractivity contribution < 1.29 is 19.4 Å². The van der Waals surface area contributed by atoms with Crippen LogP contribution in [0.5, 0.6) is 5.75 Å². The Bertz CT molecular complexity index is 460. The number of ether oxygens (including phenoxy) is 1. The van der Waals surface area contributed by atoms with E-state index in [2.05, 4.69) is 10.6 Å². The Morgan fingerprint density at radius 1 is 1.21 bits per heavy atom. The normalized spacial score (nSPS) is 11.8. The minimum atomic E-state index is -1.10. The van der Waals surface area contributed by atoms with E-state index >= 15 is 0 Å². The van der Waals surface area contributed by atoms with Gasteiger partial charge in [0.1, 0.15) is 11.8 Å². The summed E-state index contributed by atoms with van der Waals surface area (Å²) in [5.74, 6) is -0.558. The van der Waals surface area contributed by atoms with Gasteiger partial charge in [-0.2, -0.15) is 0 Å². The summed E-state index contributed by atoms with van der Waals surface area (Å²) in [6, 6.07) is 5.41. The number of aliphatic carboxylic acids is 1. The number of nitrogens with one attached hydrogen (secondary N) is 2. The molecule has 19 heavy (non-hydrogen) atoms. The van der Waals surface area contributed by atoms with E-state index in [1.54, 1.807) is 24.3 Å². The predicted octanol–water partition coefficient (Wildman–Crippen LogP) is 2.07. The van der Waals surface area contributed by atoms with E-state index in [1.165, 1.54) is 6.92 Å². The minimum Gasteiger partial charge on any atom is -0.489 e. The molecule has 0 aliphatic heterocycles. The number of carbonyl (C=O) groups is 2. The van der Waals surface area contributed by atoms with Crippen molar-refractivity contribution in [1.82, 2.24) is 5.32 Å². The number of hydrogen-bond acceptors (Lipinski definition) is 3. The molecule has 3 N–H and O–H groups in total. The molecule has 104 valence electrons. The molecule has 0 bridgehead atoms. The summed E-state index contributed by atoms with van der Waals surface area (Å²) in [4.78, 5) is 22.3. The van der Waals surface area contributed by atoms with Gasteiger partial charge in [-0.05, 0) is 32.9 Å². The molecule has 1 rings (SSSR count). The first-order chi connectivity index (χ1) is 8.90. The maximum atomic E-state index is 11.6. The van der Waals surface area contributed by atoms with Crippen LogP contribution in [0, 0.1) is 0 Å². The van der Waals surface area contributed by atoms with E-state index in [0.29, 0.717) is 11.4 Å². The van der Waals surface area contributed by atoms with Crippen molar-refractivity contribution in [2.24, 2.45) is 0 Å². The third-order valence-electron chi connectivity index (χ3n) is 2.22. The molecule has 6 heteroatoms. The highest BCUT2D eigenvalue weighted by atomic mass is 16.5. The van der Waals surface area contributed by atoms with Crippen LogP contribution in [0.25, 0.3) is 0 Å². The smallest absolute Gasteiger partial charge is 0.325 e. The average molecular weight is 266 g/mol. The van der Waals surface area contributed by atoms with Gasteiger partial charge in [-0.1, -0.05) is 12.1 Å². The molecule has 0 fully saturated rings. The number of carboxylic acid groups (broad SMARTS) is 1. The first kappa shape index (κ1) is 14.8. The number of benzene rings is 1. The molecule has 6 nitrogen and oxygen atoms in total. The first-order valence-corrected chi connectivity index (χ1v) is 5.96. The molecule has 1 aromatic rings. The van der Waals surface area contributed by atoms with Gasteiger partial charge < -0.3 is 20.5 Å². The van der Waals surface area contributed by atoms with Crippen LogP contribution in [-0.4, -0.2) is 29.3 Å². The molecule has 0 radical (unpaired) electrons. The Balaban J connectivity index is 2.71. The summed E-state index contributed by atoms with van der Waals surface area (Å²) in [7, 11) is 0. The summed E-state index contributed by atoms with van der Waals surface area (Å²) in [6.07, 6.45) is -0.0241. The standard InChI is InChI=1S/C13H18N2O4/c1-8(2)19-11-7-5-4-6-10(11)15-13(18)14-9(3)12(16)17/h4-9H,1-3H3,(H,16,17)(H2,14,15,18)/t9-/m0/s1. The largest absolute Gasteiger partial charge is 0.489 e. The molecule has 0 unspecified atom stereocenters. The van der Waals surface area contributed by atoms with Gasteiger partial charge >= 0.3 is 12.0 Å². The Labute approximate surface area is 111 Å². The molecule has 2 amide bonds. The van der Waals surface area contributed by atoms with Gasteiger partial charge in [0.05, 0.1) is 11.8 Å². The number of hydrogen-bond donors (Lipinski definition) is 3. The van der Waals surface area contributed by atoms with Gasteiger partial charge in [0, 0.05) is 0 Å². The SMILES string of the molecule is CC(C)Oc1ccccc1NC(=O)N[C@@H](C)C(=O)O. The van der Waals surface area contributed by atoms with E-state index in [9.17, 15) is 9.59 Å². The lowest BCUT2D eigenvalue weighted by atomic mass is 10.3. The van der Waals surface area contributed by atoms with Gasteiger partial charge in [-0.15, -0.1) is 0 Å². The maximum absolute atomic E-state index is 11.6. The van der Waals surface area contributed by atoms with Crippen LogP contribution in [0.3, 0.4) is 0 Å². The van der Waals surface area contributed by atoms with Crippen LogP contribution in [0.1, 0.15) is 20.8 Å². The van der Waals surface area contributed by atoms with E-state index in [0.717, 1.165) is 0 Å². The van der Waals surface area contributed by atoms with Crippen LogP contribution in [0.4, 0.5) is 10.5 Å². The summed E-state index contributed by atoms with van der Waals surface area (Å²) in [5.41, 5.74) is 0.492. The van der Waals surface area contributed by atoms with Gasteiger partial charge in [-0.3, -0.25) is 4.79 Å². The molecule has 0 spiro atoms. The van der Waals surface area contributed by atoms with Crippen LogP contribution < -0.4 is 15.4 Å². The number of anilines is 1. The summed E-state index contributed by atoms with van der Waals surface area (Å²) in [5, 5.41) is 13.6. The number of para-hydroxylation sites is 2. The van der Waals surface area contributed by atoms with Crippen LogP contribution in [0.2, 0.25) is 0 Å². The zero-order chi connectivity index (χ0) is 14.4. The fourth-order valence-corrected chi connectivity index (χ4v) is 1.34. The van der Waals surface area contributed by atoms with Crippen molar-refractivity contribution >= 4 is 17.7 Å². The highest BCUT2D eigenvalue weighted by Crippen LogP contribution is 2.24. The molecule has 1 atom stereocenters. The third kappa shape index (κ3) is 4.87. The summed E-state index contributed by atoms with van der Waals surface area (Å²) in [6.45, 7) is 5.14. The lowest BCUT2D eigenvalue weighted by Gasteiger charge is -2.16. The number of amides is 2. The Morgan fingerprint density at radius 3 is 2.42 bits per heavy atom. The van der Waals surface area contributed by atoms with E-state index in [1.807, 2.05) is 13.8 Å². The van der Waals surface area contributed by atoms with Crippen molar-refractivity contribution in [3.8, 4) is 5.75 Å². The topological polar surface area (TPSA) is 87.7 Å². The lowest BCUT2D eigenvalue weighted by molar-refractivity contribution is -0.138. The average Bonchev–Trinajstić information content (AvgIpc) is 2.30. The highest BCUT2D eigenvalue weighted by Gasteiger charge is 2.15. The quantitative estimate of drug-likeness (QED) is 0.761. The van der Waals surface area contributed by atoms with Crippen LogP contribution in [-0.2, 0) is 4.79 Å². The molecule has 0 heterocycles.